The Morgan fingerprint density at radius 2 is 1.74 bits per heavy atom. The molecule has 0 radical (unpaired) electrons. The van der Waals surface area contributed by atoms with Gasteiger partial charge in [-0.15, -0.1) is 0 Å². The molecular weight excluding hydrogens is 396 g/mol. The van der Waals surface area contributed by atoms with Crippen LogP contribution in [0.15, 0.2) is 36.4 Å². The highest BCUT2D eigenvalue weighted by molar-refractivity contribution is 14.1. The molecule has 0 saturated heterocycles. The highest BCUT2D eigenvalue weighted by atomic mass is 127. The molecule has 0 heterocycles. The van der Waals surface area contributed by atoms with Gasteiger partial charge in [-0.1, -0.05) is 34.8 Å². The van der Waals surface area contributed by atoms with Gasteiger partial charge in [-0.3, -0.25) is 4.79 Å². The standard InChI is InChI=1S/C14H10Cl2INO/c1-8-2-3-12(13(17)4-8)14(19)18-11-6-9(15)5-10(16)7-11/h2-7H,1H3,(H,18,19). The Labute approximate surface area is 135 Å². The van der Waals surface area contributed by atoms with Crippen LogP contribution in [0.25, 0.3) is 0 Å². The van der Waals surface area contributed by atoms with Crippen molar-refractivity contribution in [3.05, 3.63) is 61.1 Å². The first-order valence-electron chi connectivity index (χ1n) is 5.49. The third-order valence-corrected chi connectivity index (χ3v) is 3.82. The van der Waals surface area contributed by atoms with E-state index in [4.69, 9.17) is 23.2 Å². The van der Waals surface area contributed by atoms with Crippen molar-refractivity contribution in [2.24, 2.45) is 0 Å². The summed E-state index contributed by atoms with van der Waals surface area (Å²) < 4.78 is 0.906. The van der Waals surface area contributed by atoms with Crippen LogP contribution in [0.1, 0.15) is 15.9 Å². The predicted octanol–water partition coefficient (Wildman–Crippen LogP) is 5.16. The van der Waals surface area contributed by atoms with Gasteiger partial charge in [0, 0.05) is 19.3 Å². The Morgan fingerprint density at radius 1 is 1.11 bits per heavy atom. The normalized spacial score (nSPS) is 10.3. The van der Waals surface area contributed by atoms with Crippen LogP contribution in [0.4, 0.5) is 5.69 Å². The van der Waals surface area contributed by atoms with Gasteiger partial charge in [0.25, 0.3) is 5.91 Å². The molecule has 0 spiro atoms. The number of carbonyl (C=O) groups is 1. The molecule has 0 aliphatic heterocycles. The van der Waals surface area contributed by atoms with E-state index in [1.54, 1.807) is 24.3 Å². The van der Waals surface area contributed by atoms with Crippen LogP contribution in [0, 0.1) is 10.5 Å². The first-order chi connectivity index (χ1) is 8.95. The lowest BCUT2D eigenvalue weighted by molar-refractivity contribution is 0.102. The summed E-state index contributed by atoms with van der Waals surface area (Å²) in [5.41, 5.74) is 2.33. The topological polar surface area (TPSA) is 29.1 Å². The molecule has 0 saturated carbocycles. The number of hydrogen-bond acceptors (Lipinski definition) is 1. The van der Waals surface area contributed by atoms with Crippen LogP contribution in [-0.2, 0) is 0 Å². The average Bonchev–Trinajstić information content (AvgIpc) is 2.26. The molecule has 19 heavy (non-hydrogen) atoms. The summed E-state index contributed by atoms with van der Waals surface area (Å²) in [7, 11) is 0. The van der Waals surface area contributed by atoms with Crippen molar-refractivity contribution in [1.82, 2.24) is 0 Å². The van der Waals surface area contributed by atoms with Crippen LogP contribution in [0.5, 0.6) is 0 Å². The van der Waals surface area contributed by atoms with Gasteiger partial charge in [0.15, 0.2) is 0 Å². The largest absolute Gasteiger partial charge is 0.322 e. The van der Waals surface area contributed by atoms with E-state index in [1.165, 1.54) is 0 Å². The van der Waals surface area contributed by atoms with Gasteiger partial charge in [0.2, 0.25) is 0 Å². The number of aryl methyl sites for hydroxylation is 1. The molecule has 2 aromatic carbocycles. The summed E-state index contributed by atoms with van der Waals surface area (Å²) in [6.45, 7) is 1.99. The molecule has 1 amide bonds. The maximum atomic E-state index is 12.2. The molecule has 2 nitrogen and oxygen atoms in total. The molecule has 0 aliphatic carbocycles. The van der Waals surface area contributed by atoms with Crippen molar-refractivity contribution in [3.8, 4) is 0 Å². The van der Waals surface area contributed by atoms with E-state index < -0.39 is 0 Å². The Morgan fingerprint density at radius 3 is 2.32 bits per heavy atom. The number of nitrogens with one attached hydrogen (secondary N) is 1. The Kier molecular flexibility index (Phi) is 4.71. The smallest absolute Gasteiger partial charge is 0.256 e. The summed E-state index contributed by atoms with van der Waals surface area (Å²) in [4.78, 5) is 12.2. The number of amides is 1. The molecule has 0 aliphatic rings. The minimum Gasteiger partial charge on any atom is -0.322 e. The monoisotopic (exact) mass is 405 g/mol. The first kappa shape index (κ1) is 14.6. The zero-order chi connectivity index (χ0) is 14.0. The van der Waals surface area contributed by atoms with Gasteiger partial charge < -0.3 is 5.32 Å². The van der Waals surface area contributed by atoms with Crippen LogP contribution >= 0.6 is 45.8 Å². The second-order valence-electron chi connectivity index (χ2n) is 4.10. The molecule has 5 heteroatoms. The second-order valence-corrected chi connectivity index (χ2v) is 6.13. The molecule has 98 valence electrons. The van der Waals surface area contributed by atoms with E-state index in [9.17, 15) is 4.79 Å². The first-order valence-corrected chi connectivity index (χ1v) is 7.33. The van der Waals surface area contributed by atoms with E-state index in [0.29, 0.717) is 21.3 Å². The molecule has 2 rings (SSSR count). The Bertz CT molecular complexity index is 623. The van der Waals surface area contributed by atoms with Crippen molar-refractivity contribution in [2.75, 3.05) is 5.32 Å². The van der Waals surface area contributed by atoms with Crippen LogP contribution in [0.2, 0.25) is 10.0 Å². The van der Waals surface area contributed by atoms with Crippen LogP contribution in [0.3, 0.4) is 0 Å². The summed E-state index contributed by atoms with van der Waals surface area (Å²) in [6, 6.07) is 10.6. The summed E-state index contributed by atoms with van der Waals surface area (Å²) >= 11 is 13.9. The quantitative estimate of drug-likeness (QED) is 0.687. The molecular formula is C14H10Cl2INO. The van der Waals surface area contributed by atoms with E-state index in [0.717, 1.165) is 9.13 Å². The maximum absolute atomic E-state index is 12.2. The van der Waals surface area contributed by atoms with Gasteiger partial charge in [-0.25, -0.2) is 0 Å². The van der Waals surface area contributed by atoms with Gasteiger partial charge in [0.05, 0.1) is 5.56 Å². The zero-order valence-electron chi connectivity index (χ0n) is 10.0. The van der Waals surface area contributed by atoms with E-state index in [-0.39, 0.29) is 5.91 Å². The zero-order valence-corrected chi connectivity index (χ0v) is 13.7. The van der Waals surface area contributed by atoms with Gasteiger partial charge in [-0.2, -0.15) is 0 Å². The lowest BCUT2D eigenvalue weighted by Gasteiger charge is -2.08. The summed E-state index contributed by atoms with van der Waals surface area (Å²) in [5.74, 6) is -0.178. The lowest BCUT2D eigenvalue weighted by atomic mass is 10.1. The van der Waals surface area contributed by atoms with Gasteiger partial charge in [-0.05, 0) is 59.8 Å². The maximum Gasteiger partial charge on any atom is 0.256 e. The van der Waals surface area contributed by atoms with Crippen molar-refractivity contribution in [3.63, 3.8) is 0 Å². The molecule has 1 N–H and O–H groups in total. The average molecular weight is 406 g/mol. The van der Waals surface area contributed by atoms with Crippen molar-refractivity contribution in [2.45, 2.75) is 6.92 Å². The highest BCUT2D eigenvalue weighted by Gasteiger charge is 2.10. The minimum absolute atomic E-state index is 0.178. The molecule has 0 bridgehead atoms. The third-order valence-electron chi connectivity index (χ3n) is 2.49. The molecule has 0 unspecified atom stereocenters. The van der Waals surface area contributed by atoms with Crippen LogP contribution in [-0.4, -0.2) is 5.91 Å². The fourth-order valence-electron chi connectivity index (χ4n) is 1.63. The Hall–Kier alpha value is -0.780. The number of rotatable bonds is 2. The molecule has 0 aromatic heterocycles. The van der Waals surface area contributed by atoms with Gasteiger partial charge >= 0.3 is 0 Å². The number of halogens is 3. The van der Waals surface area contributed by atoms with Crippen LogP contribution < -0.4 is 5.32 Å². The van der Waals surface area contributed by atoms with Crippen molar-refractivity contribution >= 4 is 57.4 Å². The van der Waals surface area contributed by atoms with E-state index >= 15 is 0 Å². The van der Waals surface area contributed by atoms with E-state index in [1.807, 2.05) is 19.1 Å². The number of benzene rings is 2. The number of hydrogen-bond donors (Lipinski definition) is 1. The molecule has 0 fully saturated rings. The fourth-order valence-corrected chi connectivity index (χ4v) is 3.07. The third kappa shape index (κ3) is 3.84. The predicted molar refractivity (Wildman–Crippen MR) is 88.3 cm³/mol. The minimum atomic E-state index is -0.178. The fraction of sp³-hybridized carbons (Fsp3) is 0.0714. The highest BCUT2D eigenvalue weighted by Crippen LogP contribution is 2.23. The molecule has 2 aromatic rings. The molecule has 0 atom stereocenters. The Balaban J connectivity index is 2.25. The van der Waals surface area contributed by atoms with E-state index in [2.05, 4.69) is 27.9 Å². The number of carbonyl (C=O) groups excluding carboxylic acids is 1. The number of anilines is 1. The van der Waals surface area contributed by atoms with Gasteiger partial charge in [0.1, 0.15) is 0 Å². The summed E-state index contributed by atoms with van der Waals surface area (Å²) in [6.07, 6.45) is 0. The second kappa shape index (κ2) is 6.11. The lowest BCUT2D eigenvalue weighted by Crippen LogP contribution is -2.13. The SMILES string of the molecule is Cc1ccc(C(=O)Nc2cc(Cl)cc(Cl)c2)c(I)c1. The summed E-state index contributed by atoms with van der Waals surface area (Å²) in [5, 5.41) is 3.76. The van der Waals surface area contributed by atoms with Crippen molar-refractivity contribution < 1.29 is 4.79 Å². The van der Waals surface area contributed by atoms with Crippen molar-refractivity contribution in [1.29, 1.82) is 0 Å².